The van der Waals surface area contributed by atoms with Crippen molar-refractivity contribution in [3.05, 3.63) is 41.5 Å². The summed E-state index contributed by atoms with van der Waals surface area (Å²) in [5.41, 5.74) is 1.18. The number of hydrogen-bond acceptors (Lipinski definition) is 8. The van der Waals surface area contributed by atoms with Gasteiger partial charge in [-0.05, 0) is 35.4 Å². The van der Waals surface area contributed by atoms with E-state index in [1.165, 1.54) is 33.5 Å². The number of ether oxygens (including phenoxy) is 3. The predicted octanol–water partition coefficient (Wildman–Crippen LogP) is 3.87. The smallest absolute Gasteiger partial charge is 0.493 e. The van der Waals surface area contributed by atoms with Gasteiger partial charge >= 0.3 is 16.5 Å². The molecule has 0 unspecified atom stereocenters. The van der Waals surface area contributed by atoms with Crippen LogP contribution >= 0.6 is 16.5 Å². The van der Waals surface area contributed by atoms with E-state index in [2.05, 4.69) is 9.20 Å². The Balaban J connectivity index is 2.38. The lowest BCUT2D eigenvalue weighted by Crippen LogP contribution is -1.96. The fourth-order valence-corrected chi connectivity index (χ4v) is 2.86. The molecule has 0 aliphatic heterocycles. The second kappa shape index (κ2) is 10.2. The summed E-state index contributed by atoms with van der Waals surface area (Å²) in [4.78, 5) is 23.0. The number of phosphoric acid groups is 1. The van der Waals surface area contributed by atoms with Crippen LogP contribution in [0.5, 0.6) is 28.7 Å². The molecule has 0 fully saturated rings. The van der Waals surface area contributed by atoms with Crippen molar-refractivity contribution in [1.82, 2.24) is 0 Å². The summed E-state index contributed by atoms with van der Waals surface area (Å²) >= 11 is 0. The molecule has 0 amide bonds. The SMILES string of the molecule is COc1ccc(C=Cc2cc(OC)c(OC)c(OOP=O)c2)cc1OP(=O)(O)O. The van der Waals surface area contributed by atoms with E-state index in [0.717, 1.165) is 0 Å². The Morgan fingerprint density at radius 1 is 0.862 bits per heavy atom. The minimum Gasteiger partial charge on any atom is -0.493 e. The Labute approximate surface area is 168 Å². The normalized spacial score (nSPS) is 11.5. The molecule has 0 atom stereocenters. The zero-order chi connectivity index (χ0) is 21.4. The quantitative estimate of drug-likeness (QED) is 0.241. The van der Waals surface area contributed by atoms with Crippen LogP contribution < -0.4 is 23.6 Å². The molecule has 0 radical (unpaired) electrons. The molecule has 2 aromatic rings. The fourth-order valence-electron chi connectivity index (χ4n) is 2.35. The molecule has 0 aliphatic rings. The van der Waals surface area contributed by atoms with E-state index in [9.17, 15) is 9.13 Å². The molecule has 10 nitrogen and oxygen atoms in total. The van der Waals surface area contributed by atoms with E-state index in [1.54, 1.807) is 30.4 Å². The molecule has 0 heterocycles. The maximum absolute atomic E-state index is 11.1. The Kier molecular flexibility index (Phi) is 8.01. The highest BCUT2D eigenvalue weighted by Crippen LogP contribution is 2.43. The Morgan fingerprint density at radius 3 is 2.07 bits per heavy atom. The van der Waals surface area contributed by atoms with Crippen LogP contribution in [0.15, 0.2) is 30.3 Å². The highest BCUT2D eigenvalue weighted by molar-refractivity contribution is 7.46. The Hall–Kier alpha value is -2.61. The third-order valence-corrected chi connectivity index (χ3v) is 4.07. The summed E-state index contributed by atoms with van der Waals surface area (Å²) in [5.74, 6) is 0.782. The Morgan fingerprint density at radius 2 is 1.48 bits per heavy atom. The largest absolute Gasteiger partial charge is 0.524 e. The van der Waals surface area contributed by atoms with Crippen LogP contribution in [-0.4, -0.2) is 31.1 Å². The van der Waals surface area contributed by atoms with Gasteiger partial charge in [-0.25, -0.2) is 9.13 Å². The van der Waals surface area contributed by atoms with Crippen LogP contribution in [0.25, 0.3) is 12.2 Å². The highest BCUT2D eigenvalue weighted by atomic mass is 31.2. The van der Waals surface area contributed by atoms with Gasteiger partial charge in [0.25, 0.3) is 0 Å². The number of hydrogen-bond donors (Lipinski definition) is 2. The second-order valence-electron chi connectivity index (χ2n) is 5.31. The van der Waals surface area contributed by atoms with E-state index < -0.39 is 16.5 Å². The zero-order valence-electron chi connectivity index (χ0n) is 15.6. The van der Waals surface area contributed by atoms with Crippen molar-refractivity contribution in [3.8, 4) is 28.7 Å². The van der Waals surface area contributed by atoms with E-state index in [0.29, 0.717) is 16.9 Å². The number of benzene rings is 2. The lowest BCUT2D eigenvalue weighted by Gasteiger charge is -2.12. The average Bonchev–Trinajstić information content (AvgIpc) is 2.69. The van der Waals surface area contributed by atoms with Crippen molar-refractivity contribution in [1.29, 1.82) is 0 Å². The van der Waals surface area contributed by atoms with Gasteiger partial charge in [0.1, 0.15) is 0 Å². The van der Waals surface area contributed by atoms with E-state index in [4.69, 9.17) is 28.9 Å². The third kappa shape index (κ3) is 6.45. The summed E-state index contributed by atoms with van der Waals surface area (Å²) in [7, 11) is -1.22. The maximum Gasteiger partial charge on any atom is 0.524 e. The molecule has 12 heteroatoms. The lowest BCUT2D eigenvalue weighted by atomic mass is 10.1. The van der Waals surface area contributed by atoms with Gasteiger partial charge in [0, 0.05) is 0 Å². The third-order valence-electron chi connectivity index (χ3n) is 3.50. The number of rotatable bonds is 10. The van der Waals surface area contributed by atoms with Gasteiger partial charge in [-0.2, -0.15) is 0 Å². The lowest BCUT2D eigenvalue weighted by molar-refractivity contribution is -0.0886. The highest BCUT2D eigenvalue weighted by Gasteiger charge is 2.19. The standard InChI is InChI=1S/C17H18O10P2/c1-22-13-7-6-11(8-14(13)26-29(19,20)21)4-5-12-9-15(23-2)17(24-3)16(10-12)25-27-28-18/h4-10H,1-3H3,(H2,19,20,21). The van der Waals surface area contributed by atoms with Crippen LogP contribution in [-0.2, 0) is 13.8 Å². The molecule has 0 spiro atoms. The van der Waals surface area contributed by atoms with Gasteiger partial charge < -0.3 is 23.6 Å². The molecule has 2 N–H and O–H groups in total. The van der Waals surface area contributed by atoms with Crippen molar-refractivity contribution in [2.45, 2.75) is 0 Å². The minimum atomic E-state index is -4.75. The molecule has 0 aromatic heterocycles. The summed E-state index contributed by atoms with van der Waals surface area (Å²) < 4.78 is 46.2. The zero-order valence-corrected chi connectivity index (χ0v) is 17.4. The molecular formula is C17H18O10P2. The maximum atomic E-state index is 11.1. The molecule has 0 saturated heterocycles. The van der Waals surface area contributed by atoms with Crippen LogP contribution in [0.3, 0.4) is 0 Å². The van der Waals surface area contributed by atoms with E-state index >= 15 is 0 Å². The van der Waals surface area contributed by atoms with Crippen LogP contribution in [0.1, 0.15) is 11.1 Å². The van der Waals surface area contributed by atoms with Gasteiger partial charge in [-0.3, -0.25) is 9.79 Å². The van der Waals surface area contributed by atoms with E-state index in [-0.39, 0.29) is 23.0 Å². The van der Waals surface area contributed by atoms with Crippen molar-refractivity contribution in [2.75, 3.05) is 21.3 Å². The number of methoxy groups -OCH3 is 3. The fraction of sp³-hybridized carbons (Fsp3) is 0.176. The molecule has 2 aromatic carbocycles. The van der Waals surface area contributed by atoms with Gasteiger partial charge in [-0.1, -0.05) is 22.9 Å². The van der Waals surface area contributed by atoms with Crippen molar-refractivity contribution in [2.24, 2.45) is 0 Å². The summed E-state index contributed by atoms with van der Waals surface area (Å²) in [6.45, 7) is 0. The first-order valence-electron chi connectivity index (χ1n) is 7.85. The van der Waals surface area contributed by atoms with Crippen molar-refractivity contribution >= 4 is 28.7 Å². The molecule has 0 bridgehead atoms. The first-order chi connectivity index (χ1) is 13.8. The predicted molar refractivity (Wildman–Crippen MR) is 103 cm³/mol. The molecular weight excluding hydrogens is 426 g/mol. The molecule has 29 heavy (non-hydrogen) atoms. The molecule has 0 aliphatic carbocycles. The van der Waals surface area contributed by atoms with Crippen LogP contribution in [0.2, 0.25) is 0 Å². The van der Waals surface area contributed by atoms with Crippen molar-refractivity contribution < 1.29 is 47.2 Å². The van der Waals surface area contributed by atoms with Gasteiger partial charge in [0.05, 0.1) is 21.3 Å². The summed E-state index contributed by atoms with van der Waals surface area (Å²) in [6.07, 6.45) is 3.33. The van der Waals surface area contributed by atoms with Gasteiger partial charge in [0.2, 0.25) is 11.5 Å². The summed E-state index contributed by atoms with van der Waals surface area (Å²) in [5, 5.41) is 0. The summed E-state index contributed by atoms with van der Waals surface area (Å²) in [6, 6.07) is 7.80. The van der Waals surface area contributed by atoms with Crippen LogP contribution in [0.4, 0.5) is 0 Å². The molecule has 0 saturated carbocycles. The number of phosphoric ester groups is 1. The van der Waals surface area contributed by atoms with E-state index in [1.807, 2.05) is 0 Å². The topological polar surface area (TPSA) is 130 Å². The monoisotopic (exact) mass is 444 g/mol. The average molecular weight is 444 g/mol. The molecule has 156 valence electrons. The first kappa shape index (κ1) is 22.7. The Bertz CT molecular complexity index is 938. The minimum absolute atomic E-state index is 0.109. The van der Waals surface area contributed by atoms with Crippen molar-refractivity contribution in [3.63, 3.8) is 0 Å². The van der Waals surface area contributed by atoms with Gasteiger partial charge in [0.15, 0.2) is 17.2 Å². The van der Waals surface area contributed by atoms with Crippen LogP contribution in [0, 0.1) is 0 Å². The second-order valence-corrected chi connectivity index (χ2v) is 6.77. The van der Waals surface area contributed by atoms with Gasteiger partial charge in [-0.15, -0.1) is 0 Å². The molecule has 2 rings (SSSR count). The first-order valence-corrected chi connectivity index (χ1v) is 10.1.